The Balaban J connectivity index is 1.80. The molecule has 1 saturated carbocycles. The average Bonchev–Trinajstić information content (AvgIpc) is 2.71. The number of fused-ring (bicyclic) bond motifs is 1. The molecule has 2 nitrogen and oxygen atoms in total. The van der Waals surface area contributed by atoms with Gasteiger partial charge in [-0.1, -0.05) is 0 Å². The third kappa shape index (κ3) is 2.56. The predicted molar refractivity (Wildman–Crippen MR) is 73.9 cm³/mol. The van der Waals surface area contributed by atoms with Crippen LogP contribution in [-0.2, 0) is 0 Å². The van der Waals surface area contributed by atoms with E-state index in [0.717, 1.165) is 0 Å². The van der Waals surface area contributed by atoms with Gasteiger partial charge in [0, 0.05) is 0 Å². The van der Waals surface area contributed by atoms with E-state index in [2.05, 4.69) is 30.4 Å². The fourth-order valence-corrected chi connectivity index (χ4v) is 4.70. The summed E-state index contributed by atoms with van der Waals surface area (Å²) in [6.45, 7) is 2.16. The van der Waals surface area contributed by atoms with Gasteiger partial charge in [-0.3, -0.25) is 0 Å². The van der Waals surface area contributed by atoms with E-state index in [4.69, 9.17) is 4.98 Å². The van der Waals surface area contributed by atoms with Crippen LogP contribution in [-0.4, -0.2) is 25.5 Å². The van der Waals surface area contributed by atoms with Crippen LogP contribution in [0, 0.1) is 6.92 Å². The van der Waals surface area contributed by atoms with Gasteiger partial charge in [-0.25, -0.2) is 0 Å². The van der Waals surface area contributed by atoms with Crippen LogP contribution in [0.4, 0.5) is 4.69 Å². The number of anilines is 1. The molecule has 0 aliphatic heterocycles. The number of nitrogens with one attached hydrogen (secondary N) is 1. The Hall–Kier alpha value is -0.791. The summed E-state index contributed by atoms with van der Waals surface area (Å²) in [6.07, 6.45) is 6.82. The van der Waals surface area contributed by atoms with Crippen LogP contribution < -0.4 is 5.32 Å². The Kier molecular flexibility index (Phi) is 3.21. The monoisotopic (exact) mass is 294 g/mol. The van der Waals surface area contributed by atoms with E-state index in [1.54, 1.807) is 0 Å². The molecule has 1 N–H and O–H groups in total. The van der Waals surface area contributed by atoms with E-state index in [1.165, 1.54) is 52.1 Å². The molecule has 1 aromatic carbocycles. The summed E-state index contributed by atoms with van der Waals surface area (Å²) in [4.78, 5) is 4.72. The zero-order chi connectivity index (χ0) is 11.7. The quantitative estimate of drug-likeness (QED) is 0.859. The number of rotatable bonds is 2. The van der Waals surface area contributed by atoms with E-state index in [0.29, 0.717) is 20.5 Å². The molecule has 0 amide bonds. The second-order valence-electron chi connectivity index (χ2n) is 4.97. The molecule has 0 spiro atoms. The van der Waals surface area contributed by atoms with Crippen molar-refractivity contribution < 1.29 is 0 Å². The van der Waals surface area contributed by atoms with E-state index in [-0.39, 0.29) is 0 Å². The first-order valence-corrected chi connectivity index (χ1v) is 8.16. The number of hydrogen-bond donors (Lipinski definition) is 1. The van der Waals surface area contributed by atoms with Gasteiger partial charge in [0.05, 0.1) is 0 Å². The van der Waals surface area contributed by atoms with Crippen molar-refractivity contribution in [3.8, 4) is 0 Å². The zero-order valence-corrected chi connectivity index (χ0v) is 11.9. The summed E-state index contributed by atoms with van der Waals surface area (Å²) >= 11 is 0.402. The Morgan fingerprint density at radius 2 is 2.06 bits per heavy atom. The summed E-state index contributed by atoms with van der Waals surface area (Å²) < 4.78 is 2.68. The van der Waals surface area contributed by atoms with Crippen molar-refractivity contribution in [2.75, 3.05) is 5.32 Å². The topological polar surface area (TPSA) is 24.9 Å². The van der Waals surface area contributed by atoms with Crippen molar-refractivity contribution in [1.29, 1.82) is 0 Å². The molecule has 0 atom stereocenters. The van der Waals surface area contributed by atoms with Crippen molar-refractivity contribution in [2.24, 2.45) is 0 Å². The number of aromatic nitrogens is 1. The first-order valence-electron chi connectivity index (χ1n) is 6.45. The molecule has 90 valence electrons. The standard InChI is InChI=1S/C14H18N2Se/c1-10-7-8-12-13(9-10)17-14(16-12)15-11-5-3-2-4-6-11/h7-9,11H,2-6H2,1H3,(H,15,16). The molecule has 0 bridgehead atoms. The Morgan fingerprint density at radius 1 is 1.24 bits per heavy atom. The van der Waals surface area contributed by atoms with Gasteiger partial charge in [-0.15, -0.1) is 0 Å². The normalized spacial score (nSPS) is 17.5. The summed E-state index contributed by atoms with van der Waals surface area (Å²) in [5.74, 6) is 0. The number of nitrogens with zero attached hydrogens (tertiary/aromatic N) is 1. The maximum atomic E-state index is 4.72. The van der Waals surface area contributed by atoms with Crippen LogP contribution in [0.3, 0.4) is 0 Å². The van der Waals surface area contributed by atoms with E-state index in [9.17, 15) is 0 Å². The van der Waals surface area contributed by atoms with Crippen LogP contribution in [0.2, 0.25) is 0 Å². The fourth-order valence-electron chi connectivity index (χ4n) is 2.52. The second kappa shape index (κ2) is 4.83. The van der Waals surface area contributed by atoms with E-state index in [1.807, 2.05) is 0 Å². The van der Waals surface area contributed by atoms with Gasteiger partial charge in [0.2, 0.25) is 0 Å². The van der Waals surface area contributed by atoms with Gasteiger partial charge in [0.25, 0.3) is 0 Å². The fraction of sp³-hybridized carbons (Fsp3) is 0.500. The molecule has 1 aliphatic rings. The molecule has 3 heteroatoms. The molecule has 3 rings (SSSR count). The van der Waals surface area contributed by atoms with Crippen LogP contribution in [0.15, 0.2) is 18.2 Å². The van der Waals surface area contributed by atoms with Crippen LogP contribution in [0.1, 0.15) is 37.7 Å². The molecule has 1 heterocycles. The minimum atomic E-state index is 0.402. The molecular formula is C14H18N2Se. The van der Waals surface area contributed by atoms with E-state index < -0.39 is 0 Å². The SMILES string of the molecule is Cc1ccc2nc(NC3CCCCC3)[se]c2c1. The number of benzene rings is 1. The van der Waals surface area contributed by atoms with Gasteiger partial charge in [-0.05, 0) is 0 Å². The van der Waals surface area contributed by atoms with Crippen molar-refractivity contribution in [3.05, 3.63) is 23.8 Å². The first kappa shape index (κ1) is 11.3. The minimum absolute atomic E-state index is 0.402. The van der Waals surface area contributed by atoms with Gasteiger partial charge in [0.15, 0.2) is 0 Å². The van der Waals surface area contributed by atoms with Crippen molar-refractivity contribution >= 4 is 29.0 Å². The second-order valence-corrected chi connectivity index (χ2v) is 7.13. The number of aryl methyl sites for hydroxylation is 1. The van der Waals surface area contributed by atoms with Gasteiger partial charge >= 0.3 is 108 Å². The van der Waals surface area contributed by atoms with Crippen LogP contribution in [0.25, 0.3) is 9.78 Å². The summed E-state index contributed by atoms with van der Waals surface area (Å²) in [6, 6.07) is 7.28. The molecule has 1 fully saturated rings. The van der Waals surface area contributed by atoms with Gasteiger partial charge in [0.1, 0.15) is 0 Å². The third-order valence-electron chi connectivity index (χ3n) is 3.48. The number of hydrogen-bond acceptors (Lipinski definition) is 2. The van der Waals surface area contributed by atoms with Crippen LogP contribution in [0.5, 0.6) is 0 Å². The molecule has 1 aliphatic carbocycles. The van der Waals surface area contributed by atoms with Gasteiger partial charge < -0.3 is 0 Å². The van der Waals surface area contributed by atoms with Crippen LogP contribution >= 0.6 is 0 Å². The molecular weight excluding hydrogens is 275 g/mol. The molecule has 0 radical (unpaired) electrons. The maximum absolute atomic E-state index is 4.72. The third-order valence-corrected chi connectivity index (χ3v) is 5.47. The van der Waals surface area contributed by atoms with Crippen molar-refractivity contribution in [1.82, 2.24) is 4.98 Å². The Labute approximate surface area is 108 Å². The van der Waals surface area contributed by atoms with Crippen molar-refractivity contribution in [2.45, 2.75) is 45.1 Å². The van der Waals surface area contributed by atoms with Crippen molar-refractivity contribution in [3.63, 3.8) is 0 Å². The summed E-state index contributed by atoms with van der Waals surface area (Å²) in [5.41, 5.74) is 2.54. The molecule has 0 saturated heterocycles. The van der Waals surface area contributed by atoms with Gasteiger partial charge in [-0.2, -0.15) is 0 Å². The molecule has 1 aromatic heterocycles. The molecule has 0 unspecified atom stereocenters. The summed E-state index contributed by atoms with van der Waals surface area (Å²) in [7, 11) is 0. The zero-order valence-electron chi connectivity index (χ0n) is 10.2. The Morgan fingerprint density at radius 3 is 2.88 bits per heavy atom. The average molecular weight is 293 g/mol. The molecule has 2 aromatic rings. The Bertz CT molecular complexity index is 512. The predicted octanol–water partition coefficient (Wildman–Crippen LogP) is 3.34. The van der Waals surface area contributed by atoms with E-state index >= 15 is 0 Å². The molecule has 17 heavy (non-hydrogen) atoms. The first-order chi connectivity index (χ1) is 8.31. The summed E-state index contributed by atoms with van der Waals surface area (Å²) in [5, 5.41) is 3.66.